The van der Waals surface area contributed by atoms with E-state index in [2.05, 4.69) is 98.8 Å². The van der Waals surface area contributed by atoms with E-state index in [-0.39, 0.29) is 5.25 Å². The molecule has 0 aliphatic rings. The van der Waals surface area contributed by atoms with Crippen LogP contribution in [0, 0.1) is 13.8 Å². The average molecular weight is 356 g/mol. The first-order valence-electron chi connectivity index (χ1n) is 8.86. The molecule has 0 atom stereocenters. The van der Waals surface area contributed by atoms with Gasteiger partial charge in [-0.3, -0.25) is 0 Å². The van der Waals surface area contributed by atoms with Crippen molar-refractivity contribution in [2.24, 2.45) is 0 Å². The highest BCUT2D eigenvalue weighted by molar-refractivity contribution is 7.99. The molecule has 2 heteroatoms. The van der Waals surface area contributed by atoms with E-state index in [4.69, 9.17) is 4.98 Å². The van der Waals surface area contributed by atoms with Crippen molar-refractivity contribution in [3.05, 3.63) is 107 Å². The van der Waals surface area contributed by atoms with Crippen LogP contribution in [0.2, 0.25) is 0 Å². The summed E-state index contributed by atoms with van der Waals surface area (Å²) in [6.45, 7) is 4.31. The Kier molecular flexibility index (Phi) is 4.77. The van der Waals surface area contributed by atoms with Gasteiger partial charge >= 0.3 is 0 Å². The number of aryl methyl sites for hydroxylation is 2. The van der Waals surface area contributed by atoms with Crippen LogP contribution in [0.15, 0.2) is 90.0 Å². The first kappa shape index (κ1) is 16.9. The minimum absolute atomic E-state index is 0.228. The minimum atomic E-state index is 0.228. The third kappa shape index (κ3) is 3.38. The number of fused-ring (bicyclic) bond motifs is 1. The van der Waals surface area contributed by atoms with E-state index in [1.807, 2.05) is 11.8 Å². The molecule has 0 aliphatic heterocycles. The van der Waals surface area contributed by atoms with E-state index < -0.39 is 0 Å². The molecule has 0 bridgehead atoms. The maximum Gasteiger partial charge on any atom is 0.0979 e. The number of nitrogens with zero attached hydrogens (tertiary/aromatic N) is 1. The van der Waals surface area contributed by atoms with Crippen LogP contribution in [0.4, 0.5) is 0 Å². The fourth-order valence-corrected chi connectivity index (χ4v) is 4.51. The van der Waals surface area contributed by atoms with Gasteiger partial charge in [0.2, 0.25) is 0 Å². The molecular weight excluding hydrogens is 334 g/mol. The van der Waals surface area contributed by atoms with E-state index in [0.29, 0.717) is 0 Å². The van der Waals surface area contributed by atoms with E-state index in [9.17, 15) is 0 Å². The molecule has 4 rings (SSSR count). The third-order valence-electron chi connectivity index (χ3n) is 4.67. The first-order valence-corrected chi connectivity index (χ1v) is 9.74. The molecule has 1 heterocycles. The standard InChI is InChI=1S/C24H21NS/c1-17-10-9-15-21-18(2)16-22(25-23(17)21)26-24(19-11-5-3-6-12-19)20-13-7-4-8-14-20/h3-16,24H,1-2H3. The fraction of sp³-hybridized carbons (Fsp3) is 0.125. The van der Waals surface area contributed by atoms with Gasteiger partial charge in [-0.25, -0.2) is 4.98 Å². The molecule has 0 amide bonds. The van der Waals surface area contributed by atoms with E-state index in [0.717, 1.165) is 10.5 Å². The summed E-state index contributed by atoms with van der Waals surface area (Å²) in [5.74, 6) is 0. The molecule has 0 radical (unpaired) electrons. The van der Waals surface area contributed by atoms with Gasteiger partial charge in [0.15, 0.2) is 0 Å². The quantitative estimate of drug-likeness (QED) is 0.376. The van der Waals surface area contributed by atoms with Crippen molar-refractivity contribution in [3.8, 4) is 0 Å². The van der Waals surface area contributed by atoms with E-state index in [1.54, 1.807) is 0 Å². The van der Waals surface area contributed by atoms with Crippen molar-refractivity contribution in [1.29, 1.82) is 0 Å². The molecule has 0 saturated carbocycles. The number of pyridine rings is 1. The van der Waals surface area contributed by atoms with Crippen molar-refractivity contribution in [1.82, 2.24) is 4.98 Å². The highest BCUT2D eigenvalue weighted by Crippen LogP contribution is 2.40. The smallest absolute Gasteiger partial charge is 0.0979 e. The zero-order chi connectivity index (χ0) is 17.9. The van der Waals surface area contributed by atoms with Crippen LogP contribution in [-0.4, -0.2) is 4.98 Å². The molecule has 1 aromatic heterocycles. The highest BCUT2D eigenvalue weighted by atomic mass is 32.2. The van der Waals surface area contributed by atoms with Gasteiger partial charge in [-0.05, 0) is 42.2 Å². The van der Waals surface area contributed by atoms with Gasteiger partial charge in [0, 0.05) is 5.39 Å². The number of rotatable bonds is 4. The van der Waals surface area contributed by atoms with Crippen molar-refractivity contribution in [3.63, 3.8) is 0 Å². The SMILES string of the molecule is Cc1cc(SC(c2ccccc2)c2ccccc2)nc2c(C)cccc12. The highest BCUT2D eigenvalue weighted by Gasteiger charge is 2.17. The zero-order valence-electron chi connectivity index (χ0n) is 15.0. The zero-order valence-corrected chi connectivity index (χ0v) is 15.8. The lowest BCUT2D eigenvalue weighted by Crippen LogP contribution is -1.98. The van der Waals surface area contributed by atoms with Crippen LogP contribution in [0.3, 0.4) is 0 Å². The maximum absolute atomic E-state index is 4.99. The summed E-state index contributed by atoms with van der Waals surface area (Å²) in [7, 11) is 0. The Bertz CT molecular complexity index is 986. The fourth-order valence-electron chi connectivity index (χ4n) is 3.30. The molecule has 26 heavy (non-hydrogen) atoms. The molecule has 1 nitrogen and oxygen atoms in total. The Balaban J connectivity index is 1.79. The summed E-state index contributed by atoms with van der Waals surface area (Å²) in [4.78, 5) is 4.99. The predicted octanol–water partition coefficient (Wildman–Crippen LogP) is 6.73. The number of hydrogen-bond donors (Lipinski definition) is 0. The summed E-state index contributed by atoms with van der Waals surface area (Å²) in [5.41, 5.74) is 6.21. The number of aromatic nitrogens is 1. The second-order valence-corrected chi connectivity index (χ2v) is 7.69. The van der Waals surface area contributed by atoms with Gasteiger partial charge < -0.3 is 0 Å². The third-order valence-corrected chi connectivity index (χ3v) is 5.90. The van der Waals surface area contributed by atoms with Crippen LogP contribution < -0.4 is 0 Å². The molecule has 0 saturated heterocycles. The van der Waals surface area contributed by atoms with Crippen molar-refractivity contribution in [2.45, 2.75) is 24.1 Å². The molecular formula is C24H21NS. The lowest BCUT2D eigenvalue weighted by atomic mass is 10.0. The molecule has 0 unspecified atom stereocenters. The van der Waals surface area contributed by atoms with Gasteiger partial charge in [0.1, 0.15) is 0 Å². The molecule has 0 fully saturated rings. The molecule has 4 aromatic rings. The Hall–Kier alpha value is -2.58. The van der Waals surface area contributed by atoms with Crippen molar-refractivity contribution in [2.75, 3.05) is 0 Å². The average Bonchev–Trinajstić information content (AvgIpc) is 2.68. The lowest BCUT2D eigenvalue weighted by molar-refractivity contribution is 1.11. The van der Waals surface area contributed by atoms with Crippen LogP contribution in [0.5, 0.6) is 0 Å². The summed E-state index contributed by atoms with van der Waals surface area (Å²) in [6.07, 6.45) is 0. The number of para-hydroxylation sites is 1. The van der Waals surface area contributed by atoms with E-state index >= 15 is 0 Å². The monoisotopic (exact) mass is 355 g/mol. The molecule has 3 aromatic carbocycles. The lowest BCUT2D eigenvalue weighted by Gasteiger charge is -2.18. The van der Waals surface area contributed by atoms with Gasteiger partial charge in [-0.1, -0.05) is 90.6 Å². The minimum Gasteiger partial charge on any atom is -0.241 e. The summed E-state index contributed by atoms with van der Waals surface area (Å²) < 4.78 is 0. The van der Waals surface area contributed by atoms with E-state index in [1.165, 1.54) is 27.6 Å². The Labute approximate surface area is 159 Å². The number of benzene rings is 3. The number of hydrogen-bond acceptors (Lipinski definition) is 2. The van der Waals surface area contributed by atoms with Gasteiger partial charge in [-0.15, -0.1) is 0 Å². The van der Waals surface area contributed by atoms with Crippen molar-refractivity contribution < 1.29 is 0 Å². The summed E-state index contributed by atoms with van der Waals surface area (Å²) >= 11 is 1.82. The van der Waals surface area contributed by atoms with Crippen LogP contribution in [-0.2, 0) is 0 Å². The van der Waals surface area contributed by atoms with Crippen LogP contribution in [0.25, 0.3) is 10.9 Å². The number of thioether (sulfide) groups is 1. The first-order chi connectivity index (χ1) is 12.7. The Morgan fingerprint density at radius 2 is 1.31 bits per heavy atom. The Morgan fingerprint density at radius 1 is 0.692 bits per heavy atom. The maximum atomic E-state index is 4.99. The Morgan fingerprint density at radius 3 is 1.92 bits per heavy atom. The summed E-state index contributed by atoms with van der Waals surface area (Å²) in [6, 6.07) is 30.0. The van der Waals surface area contributed by atoms with Crippen LogP contribution in [0.1, 0.15) is 27.5 Å². The van der Waals surface area contributed by atoms with Gasteiger partial charge in [0.25, 0.3) is 0 Å². The van der Waals surface area contributed by atoms with Crippen LogP contribution >= 0.6 is 11.8 Å². The largest absolute Gasteiger partial charge is 0.241 e. The summed E-state index contributed by atoms with van der Waals surface area (Å²) in [5, 5.41) is 2.54. The predicted molar refractivity (Wildman–Crippen MR) is 112 cm³/mol. The molecule has 128 valence electrons. The van der Waals surface area contributed by atoms with Gasteiger partial charge in [0.05, 0.1) is 15.8 Å². The van der Waals surface area contributed by atoms with Crippen molar-refractivity contribution >= 4 is 22.7 Å². The molecule has 0 aliphatic carbocycles. The molecule has 0 spiro atoms. The second-order valence-electron chi connectivity index (χ2n) is 6.57. The van der Waals surface area contributed by atoms with Gasteiger partial charge in [-0.2, -0.15) is 0 Å². The normalized spacial score (nSPS) is 11.2. The molecule has 0 N–H and O–H groups in total. The topological polar surface area (TPSA) is 12.9 Å². The second kappa shape index (κ2) is 7.35.